The largest absolute Gasteiger partial charge is 0.335 e. The number of non-ortho nitro benzene ring substituents is 1. The maximum Gasteiger partial charge on any atom is 0.289 e. The highest BCUT2D eigenvalue weighted by molar-refractivity contribution is 7.89. The molecule has 176 valence electrons. The molecule has 1 saturated heterocycles. The molecule has 2 aromatic carbocycles. The van der Waals surface area contributed by atoms with Gasteiger partial charge in [0.25, 0.3) is 17.3 Å². The molecule has 0 atom stereocenters. The van der Waals surface area contributed by atoms with E-state index in [4.69, 9.17) is 0 Å². The Morgan fingerprint density at radius 1 is 0.882 bits per heavy atom. The Balaban J connectivity index is 1.44. The molecule has 1 amide bonds. The van der Waals surface area contributed by atoms with Crippen molar-refractivity contribution < 1.29 is 23.1 Å². The van der Waals surface area contributed by atoms with Crippen molar-refractivity contribution in [2.75, 3.05) is 26.2 Å². The first kappa shape index (κ1) is 23.0. The van der Waals surface area contributed by atoms with Gasteiger partial charge in [0, 0.05) is 50.6 Å². The molecular formula is C20H18N6O7S. The van der Waals surface area contributed by atoms with Crippen LogP contribution in [0, 0.1) is 20.2 Å². The molecule has 0 saturated carbocycles. The molecule has 1 aliphatic rings. The summed E-state index contributed by atoms with van der Waals surface area (Å²) in [5.74, 6) is -0.400. The van der Waals surface area contributed by atoms with Crippen molar-refractivity contribution in [2.24, 2.45) is 0 Å². The van der Waals surface area contributed by atoms with Gasteiger partial charge in [-0.1, -0.05) is 12.1 Å². The van der Waals surface area contributed by atoms with Gasteiger partial charge in [0.2, 0.25) is 10.0 Å². The van der Waals surface area contributed by atoms with E-state index in [9.17, 15) is 33.4 Å². The summed E-state index contributed by atoms with van der Waals surface area (Å²) < 4.78 is 28.4. The second-order valence-corrected chi connectivity index (χ2v) is 9.25. The number of amides is 1. The third-order valence-corrected chi connectivity index (χ3v) is 7.28. The normalized spacial score (nSPS) is 14.6. The maximum atomic E-state index is 12.9. The second kappa shape index (κ2) is 8.99. The summed E-state index contributed by atoms with van der Waals surface area (Å²) >= 11 is 0. The molecule has 0 unspecified atom stereocenters. The van der Waals surface area contributed by atoms with Crippen LogP contribution in [0.2, 0.25) is 0 Å². The van der Waals surface area contributed by atoms with Crippen LogP contribution in [0.4, 0.5) is 11.4 Å². The summed E-state index contributed by atoms with van der Waals surface area (Å²) in [6.45, 7) is 0.124. The van der Waals surface area contributed by atoms with E-state index in [1.165, 1.54) is 58.1 Å². The molecule has 0 aliphatic carbocycles. The van der Waals surface area contributed by atoms with Gasteiger partial charge >= 0.3 is 0 Å². The SMILES string of the molecule is O=C(c1ccn(-c2ccc([N+](=O)[O-])cc2)n1)N1CCN(S(=O)(=O)c2ccccc2[N+](=O)[O-])CC1. The highest BCUT2D eigenvalue weighted by atomic mass is 32.2. The topological polar surface area (TPSA) is 162 Å². The molecular weight excluding hydrogens is 468 g/mol. The van der Waals surface area contributed by atoms with Crippen LogP contribution in [0.1, 0.15) is 10.5 Å². The number of nitrogens with zero attached hydrogens (tertiary/aromatic N) is 6. The standard InChI is InChI=1S/C20H18N6O7S/c27-20(17-9-10-24(21-17)15-5-7-16(8-6-15)25(28)29)22-11-13-23(14-12-22)34(32,33)19-4-2-1-3-18(19)26(30)31/h1-10H,11-14H2. The van der Waals surface area contributed by atoms with Crippen molar-refractivity contribution in [3.8, 4) is 5.69 Å². The van der Waals surface area contributed by atoms with Crippen molar-refractivity contribution in [1.29, 1.82) is 0 Å². The van der Waals surface area contributed by atoms with E-state index >= 15 is 0 Å². The highest BCUT2D eigenvalue weighted by Gasteiger charge is 2.34. The first-order valence-electron chi connectivity index (χ1n) is 10.0. The van der Waals surface area contributed by atoms with Crippen LogP contribution in [0.25, 0.3) is 5.69 Å². The summed E-state index contributed by atoms with van der Waals surface area (Å²) in [5, 5.41) is 26.2. The fraction of sp³-hybridized carbons (Fsp3) is 0.200. The van der Waals surface area contributed by atoms with E-state index in [1.807, 2.05) is 0 Å². The van der Waals surface area contributed by atoms with Crippen molar-refractivity contribution in [1.82, 2.24) is 19.0 Å². The molecule has 1 aliphatic heterocycles. The molecule has 1 fully saturated rings. The second-order valence-electron chi connectivity index (χ2n) is 7.34. The lowest BCUT2D eigenvalue weighted by molar-refractivity contribution is -0.387. The summed E-state index contributed by atoms with van der Waals surface area (Å²) in [6.07, 6.45) is 1.55. The number of carbonyl (C=O) groups is 1. The first-order chi connectivity index (χ1) is 16.2. The van der Waals surface area contributed by atoms with Crippen molar-refractivity contribution in [3.05, 3.63) is 86.7 Å². The number of hydrogen-bond acceptors (Lipinski definition) is 8. The van der Waals surface area contributed by atoms with E-state index in [-0.39, 0.29) is 42.5 Å². The molecule has 0 radical (unpaired) electrons. The number of benzene rings is 2. The minimum Gasteiger partial charge on any atom is -0.335 e. The van der Waals surface area contributed by atoms with E-state index in [2.05, 4.69) is 5.10 Å². The van der Waals surface area contributed by atoms with Crippen LogP contribution >= 0.6 is 0 Å². The molecule has 34 heavy (non-hydrogen) atoms. The van der Waals surface area contributed by atoms with Crippen molar-refractivity contribution in [2.45, 2.75) is 4.90 Å². The third kappa shape index (κ3) is 4.35. The Morgan fingerprint density at radius 3 is 2.15 bits per heavy atom. The highest BCUT2D eigenvalue weighted by Crippen LogP contribution is 2.27. The summed E-state index contributed by atoms with van der Waals surface area (Å²) in [5.41, 5.74) is 0.0945. The lowest BCUT2D eigenvalue weighted by Gasteiger charge is -2.33. The number of nitro benzene ring substituents is 2. The summed E-state index contributed by atoms with van der Waals surface area (Å²) in [7, 11) is -4.11. The minimum atomic E-state index is -4.11. The predicted molar refractivity (Wildman–Crippen MR) is 118 cm³/mol. The molecule has 2 heterocycles. The Morgan fingerprint density at radius 2 is 1.53 bits per heavy atom. The van der Waals surface area contributed by atoms with Crippen LogP contribution in [0.5, 0.6) is 0 Å². The number of carbonyl (C=O) groups excluding carboxylic acids is 1. The Bertz CT molecular complexity index is 1360. The first-order valence-corrected chi connectivity index (χ1v) is 11.5. The van der Waals surface area contributed by atoms with Gasteiger partial charge in [-0.25, -0.2) is 13.1 Å². The van der Waals surface area contributed by atoms with Crippen LogP contribution < -0.4 is 0 Å². The Labute approximate surface area is 193 Å². The number of sulfonamides is 1. The van der Waals surface area contributed by atoms with Gasteiger partial charge in [0.1, 0.15) is 0 Å². The lowest BCUT2D eigenvalue weighted by Crippen LogP contribution is -2.50. The third-order valence-electron chi connectivity index (χ3n) is 5.34. The molecule has 4 rings (SSSR count). The molecule has 0 N–H and O–H groups in total. The molecule has 14 heteroatoms. The summed E-state index contributed by atoms with van der Waals surface area (Å²) in [6, 6.07) is 12.3. The van der Waals surface area contributed by atoms with E-state index < -0.39 is 31.5 Å². The van der Waals surface area contributed by atoms with Crippen molar-refractivity contribution >= 4 is 27.3 Å². The molecule has 13 nitrogen and oxygen atoms in total. The number of piperazine rings is 1. The molecule has 1 aromatic heterocycles. The van der Waals surface area contributed by atoms with Gasteiger partial charge in [0.05, 0.1) is 15.5 Å². The Hall–Kier alpha value is -4.17. The van der Waals surface area contributed by atoms with Crippen molar-refractivity contribution in [3.63, 3.8) is 0 Å². The number of aromatic nitrogens is 2. The van der Waals surface area contributed by atoms with Crippen LogP contribution in [-0.2, 0) is 10.0 Å². The summed E-state index contributed by atoms with van der Waals surface area (Å²) in [4.78, 5) is 34.7. The lowest BCUT2D eigenvalue weighted by atomic mass is 10.3. The number of para-hydroxylation sites is 1. The number of nitro groups is 2. The fourth-order valence-corrected chi connectivity index (χ4v) is 5.15. The smallest absolute Gasteiger partial charge is 0.289 e. The van der Waals surface area contributed by atoms with E-state index in [0.717, 1.165) is 10.4 Å². The van der Waals surface area contributed by atoms with Crippen LogP contribution in [-0.4, -0.2) is 69.3 Å². The molecule has 0 spiro atoms. The van der Waals surface area contributed by atoms with Gasteiger partial charge in [-0.3, -0.25) is 25.0 Å². The quantitative estimate of drug-likeness (QED) is 0.376. The zero-order valence-electron chi connectivity index (χ0n) is 17.6. The minimum absolute atomic E-state index is 0.0246. The average Bonchev–Trinajstić information content (AvgIpc) is 3.34. The number of hydrogen-bond donors (Lipinski definition) is 0. The fourth-order valence-electron chi connectivity index (χ4n) is 3.57. The van der Waals surface area contributed by atoms with Gasteiger partial charge < -0.3 is 4.90 Å². The van der Waals surface area contributed by atoms with Gasteiger partial charge in [-0.15, -0.1) is 0 Å². The maximum absolute atomic E-state index is 12.9. The zero-order valence-corrected chi connectivity index (χ0v) is 18.4. The predicted octanol–water partition coefficient (Wildman–Crippen LogP) is 1.84. The van der Waals surface area contributed by atoms with E-state index in [1.54, 1.807) is 6.20 Å². The Kier molecular flexibility index (Phi) is 6.08. The van der Waals surface area contributed by atoms with Crippen LogP contribution in [0.3, 0.4) is 0 Å². The average molecular weight is 486 g/mol. The van der Waals surface area contributed by atoms with Gasteiger partial charge in [-0.05, 0) is 24.3 Å². The van der Waals surface area contributed by atoms with E-state index in [0.29, 0.717) is 5.69 Å². The molecule has 0 bridgehead atoms. The zero-order chi connectivity index (χ0) is 24.5. The van der Waals surface area contributed by atoms with Crippen LogP contribution in [0.15, 0.2) is 65.7 Å². The van der Waals surface area contributed by atoms with Gasteiger partial charge in [-0.2, -0.15) is 9.40 Å². The number of rotatable bonds is 6. The monoisotopic (exact) mass is 486 g/mol. The van der Waals surface area contributed by atoms with Gasteiger partial charge in [0.15, 0.2) is 10.6 Å². The molecule has 3 aromatic rings.